The van der Waals surface area contributed by atoms with Crippen molar-refractivity contribution in [3.8, 4) is 0 Å². The second-order valence-corrected chi connectivity index (χ2v) is 7.79. The molecule has 1 aliphatic heterocycles. The highest BCUT2D eigenvalue weighted by Gasteiger charge is 2.56. The lowest BCUT2D eigenvalue weighted by Crippen LogP contribution is -2.46. The van der Waals surface area contributed by atoms with Crippen molar-refractivity contribution in [2.24, 2.45) is 5.92 Å². The van der Waals surface area contributed by atoms with Gasteiger partial charge in [0, 0.05) is 18.3 Å². The largest absolute Gasteiger partial charge is 0.491 e. The normalized spacial score (nSPS) is 23.2. The average Bonchev–Trinajstić information content (AvgIpc) is 2.98. The van der Waals surface area contributed by atoms with Crippen LogP contribution in [0.2, 0.25) is 0 Å². The van der Waals surface area contributed by atoms with Crippen molar-refractivity contribution in [1.29, 1.82) is 0 Å². The molecule has 2 aliphatic rings. The van der Waals surface area contributed by atoms with Crippen molar-refractivity contribution < 1.29 is 36.8 Å². The fourth-order valence-electron chi connectivity index (χ4n) is 4.72. The third-order valence-electron chi connectivity index (χ3n) is 6.18. The van der Waals surface area contributed by atoms with Gasteiger partial charge in [0.2, 0.25) is 11.8 Å². The van der Waals surface area contributed by atoms with Gasteiger partial charge in [0.25, 0.3) is 0 Å². The minimum Gasteiger partial charge on any atom is -0.423 e. The molecule has 0 aromatic heterocycles. The zero-order valence-corrected chi connectivity index (χ0v) is 15.6. The summed E-state index contributed by atoms with van der Waals surface area (Å²) in [5.74, 6) is -7.90. The molecule has 1 heterocycles. The minimum atomic E-state index is -2.90. The minimum absolute atomic E-state index is 0.0401. The van der Waals surface area contributed by atoms with Crippen LogP contribution >= 0.6 is 0 Å². The monoisotopic (exact) mass is 425 g/mol. The number of carbonyl (C=O) groups excluding carboxylic acids is 1. The zero-order chi connectivity index (χ0) is 21.8. The fraction of sp³-hybridized carbons (Fsp3) is 0.350. The molecular formula is C20H17BF5NO3. The second kappa shape index (κ2) is 7.06. The summed E-state index contributed by atoms with van der Waals surface area (Å²) in [6.45, 7) is 0. The Morgan fingerprint density at radius 1 is 1.00 bits per heavy atom. The van der Waals surface area contributed by atoms with Gasteiger partial charge in [-0.15, -0.1) is 0 Å². The number of hydrogen-bond donors (Lipinski definition) is 3. The Balaban J connectivity index is 1.94. The van der Waals surface area contributed by atoms with Crippen molar-refractivity contribution in [1.82, 2.24) is 0 Å². The first-order chi connectivity index (χ1) is 14.1. The summed E-state index contributed by atoms with van der Waals surface area (Å²) in [6.07, 6.45) is -1.18. The van der Waals surface area contributed by atoms with Crippen molar-refractivity contribution in [2.45, 2.75) is 37.0 Å². The molecule has 2 aromatic carbocycles. The molecule has 10 heteroatoms. The van der Waals surface area contributed by atoms with E-state index in [-0.39, 0.29) is 24.0 Å². The molecule has 1 fully saturated rings. The summed E-state index contributed by atoms with van der Waals surface area (Å²) >= 11 is 0. The van der Waals surface area contributed by atoms with E-state index in [0.29, 0.717) is 0 Å². The Labute approximate surface area is 168 Å². The topological polar surface area (TPSA) is 69.6 Å². The number of anilines is 1. The van der Waals surface area contributed by atoms with Gasteiger partial charge < -0.3 is 15.4 Å². The predicted molar refractivity (Wildman–Crippen MR) is 98.9 cm³/mol. The van der Waals surface area contributed by atoms with Crippen LogP contribution in [0.5, 0.6) is 0 Å². The standard InChI is InChI=1S/C20H17BF5NO3/c22-14-4-2-12-17(16(14)24)27-18(28)20(12,10-5-7-19(25,26)8-6-10)11-1-3-13(21(29)30)15(23)9-11/h1-4,9-10,29-30H,5-8H2,(H,27,28)/t20-/m1/s1. The van der Waals surface area contributed by atoms with E-state index >= 15 is 0 Å². The molecule has 4 nitrogen and oxygen atoms in total. The lowest BCUT2D eigenvalue weighted by atomic mass is 9.61. The van der Waals surface area contributed by atoms with Gasteiger partial charge in [-0.1, -0.05) is 18.2 Å². The summed E-state index contributed by atoms with van der Waals surface area (Å²) in [4.78, 5) is 13.2. The second-order valence-electron chi connectivity index (χ2n) is 7.79. The van der Waals surface area contributed by atoms with Crippen LogP contribution in [0, 0.1) is 23.4 Å². The molecule has 30 heavy (non-hydrogen) atoms. The van der Waals surface area contributed by atoms with Gasteiger partial charge in [0.15, 0.2) is 11.6 Å². The lowest BCUT2D eigenvalue weighted by Gasteiger charge is -2.40. The molecule has 1 atom stereocenters. The number of nitrogens with one attached hydrogen (secondary N) is 1. The molecule has 0 radical (unpaired) electrons. The van der Waals surface area contributed by atoms with E-state index in [0.717, 1.165) is 18.2 Å². The van der Waals surface area contributed by atoms with Gasteiger partial charge in [-0.3, -0.25) is 4.79 Å². The first-order valence-corrected chi connectivity index (χ1v) is 9.42. The van der Waals surface area contributed by atoms with Gasteiger partial charge in [0.05, 0.1) is 5.69 Å². The van der Waals surface area contributed by atoms with Gasteiger partial charge in [0.1, 0.15) is 11.2 Å². The van der Waals surface area contributed by atoms with E-state index in [2.05, 4.69) is 5.32 Å². The van der Waals surface area contributed by atoms with Gasteiger partial charge in [-0.2, -0.15) is 0 Å². The SMILES string of the molecule is O=C1Nc2c(ccc(F)c2F)[C@]1(c1ccc(B(O)O)c(F)c1)C1CCC(F)(F)CC1. The average molecular weight is 425 g/mol. The highest BCUT2D eigenvalue weighted by atomic mass is 19.3. The maximum Gasteiger partial charge on any atom is 0.491 e. The number of fused-ring (bicyclic) bond motifs is 1. The van der Waals surface area contributed by atoms with Crippen LogP contribution in [0.1, 0.15) is 36.8 Å². The fourth-order valence-corrected chi connectivity index (χ4v) is 4.72. The number of rotatable bonds is 3. The quantitative estimate of drug-likeness (QED) is 0.524. The highest BCUT2D eigenvalue weighted by molar-refractivity contribution is 6.58. The van der Waals surface area contributed by atoms with Crippen molar-refractivity contribution in [2.75, 3.05) is 5.32 Å². The van der Waals surface area contributed by atoms with Crippen LogP contribution < -0.4 is 10.8 Å². The maximum absolute atomic E-state index is 14.6. The van der Waals surface area contributed by atoms with Crippen LogP contribution in [-0.2, 0) is 10.2 Å². The highest BCUT2D eigenvalue weighted by Crippen LogP contribution is 2.54. The molecule has 158 valence electrons. The Morgan fingerprint density at radius 2 is 1.67 bits per heavy atom. The van der Waals surface area contributed by atoms with E-state index in [1.54, 1.807) is 0 Å². The number of benzene rings is 2. The smallest absolute Gasteiger partial charge is 0.423 e. The summed E-state index contributed by atoms with van der Waals surface area (Å²) in [6, 6.07) is 5.30. The first-order valence-electron chi connectivity index (χ1n) is 9.42. The van der Waals surface area contributed by atoms with Crippen LogP contribution in [0.3, 0.4) is 0 Å². The van der Waals surface area contributed by atoms with E-state index in [1.165, 1.54) is 12.1 Å². The van der Waals surface area contributed by atoms with Crippen LogP contribution in [0.4, 0.5) is 27.6 Å². The van der Waals surface area contributed by atoms with E-state index < -0.39 is 71.7 Å². The molecule has 3 N–H and O–H groups in total. The van der Waals surface area contributed by atoms with Crippen molar-refractivity contribution in [3.63, 3.8) is 0 Å². The molecule has 0 saturated heterocycles. The third-order valence-corrected chi connectivity index (χ3v) is 6.18. The maximum atomic E-state index is 14.6. The molecule has 1 saturated carbocycles. The summed E-state index contributed by atoms with van der Waals surface area (Å²) < 4.78 is 70.3. The Bertz CT molecular complexity index is 1020. The predicted octanol–water partition coefficient (Wildman–Crippen LogP) is 2.85. The van der Waals surface area contributed by atoms with Gasteiger partial charge in [-0.25, -0.2) is 22.0 Å². The zero-order valence-electron chi connectivity index (χ0n) is 15.6. The molecule has 0 unspecified atom stereocenters. The Morgan fingerprint density at radius 3 is 2.27 bits per heavy atom. The molecule has 1 aliphatic carbocycles. The lowest BCUT2D eigenvalue weighted by molar-refractivity contribution is -0.123. The van der Waals surface area contributed by atoms with Crippen LogP contribution in [-0.4, -0.2) is 29.0 Å². The molecule has 0 spiro atoms. The number of alkyl halides is 2. The Hall–Kier alpha value is -2.46. The first kappa shape index (κ1) is 20.8. The number of carbonyl (C=O) groups is 1. The third kappa shape index (κ3) is 3.01. The van der Waals surface area contributed by atoms with Crippen molar-refractivity contribution in [3.05, 3.63) is 58.9 Å². The number of halogens is 5. The summed E-state index contributed by atoms with van der Waals surface area (Å²) in [5.41, 5.74) is -2.47. The molecule has 4 rings (SSSR count). The molecule has 0 bridgehead atoms. The Kier molecular flexibility index (Phi) is 4.89. The number of amides is 1. The summed E-state index contributed by atoms with van der Waals surface area (Å²) in [7, 11) is -2.10. The molecule has 2 aromatic rings. The van der Waals surface area contributed by atoms with Crippen molar-refractivity contribution >= 4 is 24.2 Å². The van der Waals surface area contributed by atoms with Gasteiger partial charge in [-0.05, 0) is 42.0 Å². The summed E-state index contributed by atoms with van der Waals surface area (Å²) in [5, 5.41) is 20.8. The van der Waals surface area contributed by atoms with Crippen LogP contribution in [0.15, 0.2) is 30.3 Å². The van der Waals surface area contributed by atoms with Gasteiger partial charge >= 0.3 is 7.12 Å². The van der Waals surface area contributed by atoms with E-state index in [1.807, 2.05) is 0 Å². The molecular weight excluding hydrogens is 408 g/mol. The van der Waals surface area contributed by atoms with E-state index in [4.69, 9.17) is 0 Å². The van der Waals surface area contributed by atoms with E-state index in [9.17, 15) is 36.8 Å². The number of hydrogen-bond acceptors (Lipinski definition) is 3. The molecule has 1 amide bonds. The van der Waals surface area contributed by atoms with Crippen LogP contribution in [0.25, 0.3) is 0 Å².